The van der Waals surface area contributed by atoms with Crippen LogP contribution >= 0.6 is 0 Å². The molecule has 4 nitrogen and oxygen atoms in total. The average Bonchev–Trinajstić information content (AvgIpc) is 2.91. The van der Waals surface area contributed by atoms with Crippen molar-refractivity contribution in [1.82, 2.24) is 14.9 Å². The fraction of sp³-hybridized carbons (Fsp3) is 0.400. The Morgan fingerprint density at radius 1 is 1.32 bits per heavy atom. The van der Waals surface area contributed by atoms with Crippen molar-refractivity contribution >= 4 is 0 Å². The number of aromatic nitrogens is 2. The lowest BCUT2D eigenvalue weighted by Crippen LogP contribution is -2.29. The van der Waals surface area contributed by atoms with Gasteiger partial charge in [0.2, 0.25) is 0 Å². The van der Waals surface area contributed by atoms with Crippen molar-refractivity contribution in [2.75, 3.05) is 6.54 Å². The molecule has 2 aromatic rings. The predicted octanol–water partition coefficient (Wildman–Crippen LogP) is 2.20. The van der Waals surface area contributed by atoms with E-state index in [0.717, 1.165) is 25.9 Å². The summed E-state index contributed by atoms with van der Waals surface area (Å²) < 4.78 is 2.07. The molecular formula is C15H21N3O. The fourth-order valence-electron chi connectivity index (χ4n) is 2.01. The summed E-state index contributed by atoms with van der Waals surface area (Å²) in [4.78, 5) is 4.02. The maximum absolute atomic E-state index is 9.22. The molecule has 1 unspecified atom stereocenters. The highest BCUT2D eigenvalue weighted by Gasteiger charge is 2.02. The summed E-state index contributed by atoms with van der Waals surface area (Å²) in [6.07, 6.45) is 7.73. The Morgan fingerprint density at radius 3 is 2.79 bits per heavy atom. The lowest BCUT2D eigenvalue weighted by molar-refractivity contribution is 0.474. The zero-order valence-electron chi connectivity index (χ0n) is 11.3. The summed E-state index contributed by atoms with van der Waals surface area (Å²) in [5.41, 5.74) is 1.26. The van der Waals surface area contributed by atoms with Crippen molar-refractivity contribution in [3.8, 4) is 5.75 Å². The molecule has 1 heterocycles. The summed E-state index contributed by atoms with van der Waals surface area (Å²) in [7, 11) is 0. The van der Waals surface area contributed by atoms with E-state index in [-0.39, 0.29) is 0 Å². The summed E-state index contributed by atoms with van der Waals surface area (Å²) in [5.74, 6) is 0.329. The molecule has 2 rings (SSSR count). The van der Waals surface area contributed by atoms with Crippen LogP contribution in [0.3, 0.4) is 0 Å². The number of phenols is 1. The molecule has 0 spiro atoms. The van der Waals surface area contributed by atoms with Crippen LogP contribution in [0, 0.1) is 0 Å². The number of hydrogen-bond donors (Lipinski definition) is 2. The lowest BCUT2D eigenvalue weighted by atomic mass is 10.1. The Kier molecular flexibility index (Phi) is 4.98. The molecule has 0 saturated carbocycles. The maximum Gasteiger partial charge on any atom is 0.115 e. The quantitative estimate of drug-likeness (QED) is 0.801. The second-order valence-electron chi connectivity index (χ2n) is 4.86. The minimum absolute atomic E-state index is 0.329. The minimum atomic E-state index is 0.329. The molecule has 1 atom stereocenters. The number of aryl methyl sites for hydroxylation is 1. The molecule has 102 valence electrons. The molecule has 0 amide bonds. The van der Waals surface area contributed by atoms with Crippen LogP contribution in [0.4, 0.5) is 0 Å². The van der Waals surface area contributed by atoms with Gasteiger partial charge < -0.3 is 15.0 Å². The van der Waals surface area contributed by atoms with Crippen LogP contribution in [-0.2, 0) is 13.0 Å². The number of aromatic hydroxyl groups is 1. The van der Waals surface area contributed by atoms with Crippen LogP contribution < -0.4 is 5.32 Å². The molecule has 19 heavy (non-hydrogen) atoms. The molecule has 0 fully saturated rings. The topological polar surface area (TPSA) is 50.1 Å². The van der Waals surface area contributed by atoms with Crippen LogP contribution in [-0.4, -0.2) is 27.2 Å². The van der Waals surface area contributed by atoms with E-state index in [2.05, 4.69) is 21.8 Å². The standard InChI is InChI=1S/C15H21N3O/c1-13(17-9-11-18-10-8-16-12-18)2-3-14-4-6-15(19)7-5-14/h4-8,10,12-13,17,19H,2-3,9,11H2,1H3. The van der Waals surface area contributed by atoms with Gasteiger partial charge in [-0.2, -0.15) is 0 Å². The van der Waals surface area contributed by atoms with Crippen molar-refractivity contribution in [3.05, 3.63) is 48.5 Å². The van der Waals surface area contributed by atoms with Gasteiger partial charge in [-0.25, -0.2) is 4.98 Å². The molecule has 1 aromatic carbocycles. The average molecular weight is 259 g/mol. The van der Waals surface area contributed by atoms with Crippen molar-refractivity contribution in [2.45, 2.75) is 32.4 Å². The highest BCUT2D eigenvalue weighted by atomic mass is 16.3. The van der Waals surface area contributed by atoms with Crippen LogP contribution in [0.2, 0.25) is 0 Å². The van der Waals surface area contributed by atoms with E-state index >= 15 is 0 Å². The van der Waals surface area contributed by atoms with E-state index in [0.29, 0.717) is 11.8 Å². The minimum Gasteiger partial charge on any atom is -0.508 e. The van der Waals surface area contributed by atoms with Gasteiger partial charge in [0.15, 0.2) is 0 Å². The van der Waals surface area contributed by atoms with Gasteiger partial charge in [0.25, 0.3) is 0 Å². The van der Waals surface area contributed by atoms with Crippen molar-refractivity contribution in [2.24, 2.45) is 0 Å². The maximum atomic E-state index is 9.22. The number of imidazole rings is 1. The summed E-state index contributed by atoms with van der Waals surface area (Å²) in [6, 6.07) is 7.93. The van der Waals surface area contributed by atoms with Crippen LogP contribution in [0.5, 0.6) is 5.75 Å². The van der Waals surface area contributed by atoms with E-state index in [1.807, 2.05) is 24.7 Å². The Hall–Kier alpha value is -1.81. The largest absolute Gasteiger partial charge is 0.508 e. The smallest absolute Gasteiger partial charge is 0.115 e. The number of hydrogen-bond acceptors (Lipinski definition) is 3. The highest BCUT2D eigenvalue weighted by molar-refractivity contribution is 5.25. The van der Waals surface area contributed by atoms with Gasteiger partial charge in [0.1, 0.15) is 5.75 Å². The second-order valence-corrected chi connectivity index (χ2v) is 4.86. The van der Waals surface area contributed by atoms with Gasteiger partial charge in [-0.3, -0.25) is 0 Å². The normalized spacial score (nSPS) is 12.5. The molecule has 2 N–H and O–H groups in total. The number of rotatable bonds is 7. The zero-order chi connectivity index (χ0) is 13.5. The molecule has 4 heteroatoms. The predicted molar refractivity (Wildman–Crippen MR) is 76.1 cm³/mol. The van der Waals surface area contributed by atoms with Gasteiger partial charge in [0, 0.05) is 31.5 Å². The first-order valence-electron chi connectivity index (χ1n) is 6.71. The van der Waals surface area contributed by atoms with Gasteiger partial charge >= 0.3 is 0 Å². The van der Waals surface area contributed by atoms with Gasteiger partial charge in [0.05, 0.1) is 6.33 Å². The monoisotopic (exact) mass is 259 g/mol. The van der Waals surface area contributed by atoms with E-state index in [4.69, 9.17) is 0 Å². The van der Waals surface area contributed by atoms with Crippen molar-refractivity contribution in [1.29, 1.82) is 0 Å². The molecule has 0 bridgehead atoms. The lowest BCUT2D eigenvalue weighted by Gasteiger charge is -2.14. The van der Waals surface area contributed by atoms with E-state index in [1.165, 1.54) is 5.56 Å². The molecule has 0 aliphatic heterocycles. The van der Waals surface area contributed by atoms with Crippen molar-refractivity contribution < 1.29 is 5.11 Å². The molecule has 0 aliphatic rings. The molecule has 1 aromatic heterocycles. The zero-order valence-corrected chi connectivity index (χ0v) is 11.3. The Balaban J connectivity index is 1.64. The van der Waals surface area contributed by atoms with Crippen LogP contribution in [0.1, 0.15) is 18.9 Å². The van der Waals surface area contributed by atoms with Gasteiger partial charge in [-0.15, -0.1) is 0 Å². The summed E-state index contributed by atoms with van der Waals surface area (Å²) >= 11 is 0. The van der Waals surface area contributed by atoms with Gasteiger partial charge in [-0.05, 0) is 37.5 Å². The molecular weight excluding hydrogens is 238 g/mol. The third kappa shape index (κ3) is 4.75. The van der Waals surface area contributed by atoms with E-state index in [9.17, 15) is 5.11 Å². The van der Waals surface area contributed by atoms with E-state index in [1.54, 1.807) is 18.3 Å². The Labute approximate surface area is 114 Å². The van der Waals surface area contributed by atoms with Crippen LogP contribution in [0.15, 0.2) is 43.0 Å². The fourth-order valence-corrected chi connectivity index (χ4v) is 2.01. The molecule has 0 radical (unpaired) electrons. The van der Waals surface area contributed by atoms with Crippen LogP contribution in [0.25, 0.3) is 0 Å². The summed E-state index contributed by atoms with van der Waals surface area (Å²) in [5, 5.41) is 12.7. The van der Waals surface area contributed by atoms with Gasteiger partial charge in [-0.1, -0.05) is 12.1 Å². The molecule has 0 aliphatic carbocycles. The third-order valence-corrected chi connectivity index (χ3v) is 3.22. The SMILES string of the molecule is CC(CCc1ccc(O)cc1)NCCn1ccnc1. The number of nitrogens with one attached hydrogen (secondary N) is 1. The number of benzene rings is 1. The number of phenolic OH excluding ortho intramolecular Hbond substituents is 1. The van der Waals surface area contributed by atoms with E-state index < -0.39 is 0 Å². The highest BCUT2D eigenvalue weighted by Crippen LogP contribution is 2.11. The summed E-state index contributed by atoms with van der Waals surface area (Å²) in [6.45, 7) is 4.10. The number of nitrogens with zero attached hydrogens (tertiary/aromatic N) is 2. The first kappa shape index (κ1) is 13.6. The Bertz CT molecular complexity index is 465. The first-order chi connectivity index (χ1) is 9.24. The molecule has 0 saturated heterocycles. The van der Waals surface area contributed by atoms with Crippen molar-refractivity contribution in [3.63, 3.8) is 0 Å². The Morgan fingerprint density at radius 2 is 2.11 bits per heavy atom. The second kappa shape index (κ2) is 6.95. The first-order valence-corrected chi connectivity index (χ1v) is 6.71. The third-order valence-electron chi connectivity index (χ3n) is 3.22.